The third kappa shape index (κ3) is 5.19. The van der Waals surface area contributed by atoms with Gasteiger partial charge in [0.25, 0.3) is 0 Å². The van der Waals surface area contributed by atoms with Crippen LogP contribution in [0.15, 0.2) is 0 Å². The quantitative estimate of drug-likeness (QED) is 0.709. The van der Waals surface area contributed by atoms with Crippen LogP contribution in [-0.4, -0.2) is 18.2 Å². The summed E-state index contributed by atoms with van der Waals surface area (Å²) in [6.45, 7) is 6.48. The van der Waals surface area contributed by atoms with E-state index in [0.717, 1.165) is 45.1 Å². The molecule has 0 atom stereocenters. The van der Waals surface area contributed by atoms with Crippen LogP contribution in [0.4, 0.5) is 0 Å². The van der Waals surface area contributed by atoms with Gasteiger partial charge in [-0.05, 0) is 25.7 Å². The third-order valence-corrected chi connectivity index (χ3v) is 3.63. The number of Topliss-reactive ketones (excluding diaryl/α,β-unsaturated/α-hetero) is 1. The fourth-order valence-corrected chi connectivity index (χ4v) is 2.00. The molecule has 18 heavy (non-hydrogen) atoms. The summed E-state index contributed by atoms with van der Waals surface area (Å²) in [6.07, 6.45) is 7.16. The lowest BCUT2D eigenvalue weighted by molar-refractivity contribution is -0.128. The van der Waals surface area contributed by atoms with Gasteiger partial charge in [0.1, 0.15) is 5.78 Å². The highest BCUT2D eigenvalue weighted by Crippen LogP contribution is 2.28. The lowest BCUT2D eigenvalue weighted by atomic mass is 9.81. The summed E-state index contributed by atoms with van der Waals surface area (Å²) in [4.78, 5) is 23.2. The average Bonchev–Trinajstić information content (AvgIpc) is 2.18. The molecule has 3 nitrogen and oxygen atoms in total. The number of rotatable bonds is 7. The van der Waals surface area contributed by atoms with E-state index in [1.807, 2.05) is 20.8 Å². The van der Waals surface area contributed by atoms with E-state index in [-0.39, 0.29) is 11.3 Å². The second-order valence-corrected chi connectivity index (χ2v) is 6.41. The van der Waals surface area contributed by atoms with Crippen LogP contribution in [0.1, 0.15) is 65.7 Å². The smallest absolute Gasteiger partial charge is 0.225 e. The van der Waals surface area contributed by atoms with Crippen LogP contribution in [0.25, 0.3) is 0 Å². The van der Waals surface area contributed by atoms with Crippen molar-refractivity contribution in [3.63, 3.8) is 0 Å². The second-order valence-electron chi connectivity index (χ2n) is 6.41. The molecule has 1 aliphatic carbocycles. The molecule has 1 aliphatic rings. The highest BCUT2D eigenvalue weighted by Gasteiger charge is 2.24. The minimum atomic E-state index is -0.305. The Hall–Kier alpha value is -0.860. The van der Waals surface area contributed by atoms with Crippen LogP contribution in [0, 0.1) is 11.3 Å². The molecule has 0 saturated heterocycles. The van der Waals surface area contributed by atoms with E-state index in [9.17, 15) is 9.59 Å². The largest absolute Gasteiger partial charge is 0.356 e. The summed E-state index contributed by atoms with van der Waals surface area (Å²) < 4.78 is 0. The molecule has 0 aromatic heterocycles. The van der Waals surface area contributed by atoms with Crippen LogP contribution in [0.2, 0.25) is 0 Å². The van der Waals surface area contributed by atoms with Gasteiger partial charge in [0.05, 0.1) is 0 Å². The van der Waals surface area contributed by atoms with Crippen molar-refractivity contribution in [1.29, 1.82) is 0 Å². The van der Waals surface area contributed by atoms with Crippen molar-refractivity contribution in [2.75, 3.05) is 6.54 Å². The number of carbonyl (C=O) groups is 2. The summed E-state index contributed by atoms with van der Waals surface area (Å²) in [7, 11) is 0. The zero-order valence-corrected chi connectivity index (χ0v) is 12.1. The van der Waals surface area contributed by atoms with Gasteiger partial charge in [-0.2, -0.15) is 0 Å². The first-order valence-corrected chi connectivity index (χ1v) is 7.22. The Balaban J connectivity index is 1.95. The van der Waals surface area contributed by atoms with Crippen molar-refractivity contribution >= 4 is 11.7 Å². The molecule has 1 rings (SSSR count). The van der Waals surface area contributed by atoms with E-state index >= 15 is 0 Å². The van der Waals surface area contributed by atoms with Crippen LogP contribution in [0.5, 0.6) is 0 Å². The summed E-state index contributed by atoms with van der Waals surface area (Å²) in [5, 5.41) is 2.93. The molecule has 0 spiro atoms. The van der Waals surface area contributed by atoms with Crippen molar-refractivity contribution in [3.8, 4) is 0 Å². The summed E-state index contributed by atoms with van der Waals surface area (Å²) in [5.41, 5.74) is -0.305. The maximum Gasteiger partial charge on any atom is 0.225 e. The van der Waals surface area contributed by atoms with Gasteiger partial charge in [-0.15, -0.1) is 0 Å². The van der Waals surface area contributed by atoms with Gasteiger partial charge in [0, 0.05) is 24.3 Å². The number of carbonyl (C=O) groups excluding carboxylic acids is 2. The normalized spacial score (nSPS) is 16.2. The number of amides is 1. The number of ketones is 1. The Labute approximate surface area is 111 Å². The molecule has 104 valence electrons. The van der Waals surface area contributed by atoms with Crippen LogP contribution < -0.4 is 5.32 Å². The summed E-state index contributed by atoms with van der Waals surface area (Å²) in [6, 6.07) is 0. The minimum absolute atomic E-state index is 0.105. The molecule has 0 unspecified atom stereocenters. The van der Waals surface area contributed by atoms with Gasteiger partial charge in [-0.25, -0.2) is 0 Å². The molecular formula is C15H27NO2. The highest BCUT2D eigenvalue weighted by atomic mass is 16.2. The van der Waals surface area contributed by atoms with Crippen molar-refractivity contribution < 1.29 is 9.59 Å². The number of nitrogens with one attached hydrogen (secondary N) is 1. The molecule has 0 aromatic rings. The zero-order chi connectivity index (χ0) is 13.6. The highest BCUT2D eigenvalue weighted by molar-refractivity contribution is 5.81. The van der Waals surface area contributed by atoms with Crippen molar-refractivity contribution in [2.45, 2.75) is 65.7 Å². The van der Waals surface area contributed by atoms with E-state index in [1.54, 1.807) is 0 Å². The van der Waals surface area contributed by atoms with E-state index in [1.165, 1.54) is 6.42 Å². The Morgan fingerprint density at radius 3 is 2.28 bits per heavy atom. The molecule has 0 bridgehead atoms. The fraction of sp³-hybridized carbons (Fsp3) is 0.867. The van der Waals surface area contributed by atoms with Gasteiger partial charge < -0.3 is 5.32 Å². The Morgan fingerprint density at radius 1 is 1.11 bits per heavy atom. The van der Waals surface area contributed by atoms with E-state index in [4.69, 9.17) is 0 Å². The van der Waals surface area contributed by atoms with Crippen LogP contribution in [-0.2, 0) is 9.59 Å². The lowest BCUT2D eigenvalue weighted by Crippen LogP contribution is -2.35. The Morgan fingerprint density at radius 2 is 1.78 bits per heavy atom. The molecule has 0 radical (unpaired) electrons. The molecule has 1 amide bonds. The van der Waals surface area contributed by atoms with Gasteiger partial charge in [0.15, 0.2) is 0 Å². The maximum absolute atomic E-state index is 11.6. The van der Waals surface area contributed by atoms with Crippen LogP contribution >= 0.6 is 0 Å². The summed E-state index contributed by atoms with van der Waals surface area (Å²) >= 11 is 0. The van der Waals surface area contributed by atoms with E-state index in [0.29, 0.717) is 11.7 Å². The SMILES string of the molecule is CC(C)(C)C(=O)NCCCCCC(=O)C1CCC1. The van der Waals surface area contributed by atoms with E-state index < -0.39 is 0 Å². The predicted octanol–water partition coefficient (Wildman–Crippen LogP) is 3.08. The second kappa shape index (κ2) is 6.91. The molecule has 0 heterocycles. The number of hydrogen-bond donors (Lipinski definition) is 1. The monoisotopic (exact) mass is 253 g/mol. The number of hydrogen-bond acceptors (Lipinski definition) is 2. The first-order valence-electron chi connectivity index (χ1n) is 7.22. The Bertz CT molecular complexity index is 287. The maximum atomic E-state index is 11.6. The van der Waals surface area contributed by atoms with Gasteiger partial charge in [-0.3, -0.25) is 9.59 Å². The van der Waals surface area contributed by atoms with Gasteiger partial charge in [-0.1, -0.05) is 33.6 Å². The molecule has 1 fully saturated rings. The minimum Gasteiger partial charge on any atom is -0.356 e. The third-order valence-electron chi connectivity index (χ3n) is 3.63. The zero-order valence-electron chi connectivity index (χ0n) is 12.1. The van der Waals surface area contributed by atoms with E-state index in [2.05, 4.69) is 5.32 Å². The van der Waals surface area contributed by atoms with Gasteiger partial charge in [0.2, 0.25) is 5.91 Å². The topological polar surface area (TPSA) is 46.2 Å². The lowest BCUT2D eigenvalue weighted by Gasteiger charge is -2.23. The van der Waals surface area contributed by atoms with Crippen molar-refractivity contribution in [3.05, 3.63) is 0 Å². The van der Waals surface area contributed by atoms with Crippen molar-refractivity contribution in [2.24, 2.45) is 11.3 Å². The van der Waals surface area contributed by atoms with Gasteiger partial charge >= 0.3 is 0 Å². The predicted molar refractivity (Wildman–Crippen MR) is 73.3 cm³/mol. The van der Waals surface area contributed by atoms with Crippen molar-refractivity contribution in [1.82, 2.24) is 5.32 Å². The molecule has 0 aromatic carbocycles. The summed E-state index contributed by atoms with van der Waals surface area (Å²) in [5.74, 6) is 0.943. The Kier molecular flexibility index (Phi) is 5.83. The first kappa shape index (κ1) is 15.2. The van der Waals surface area contributed by atoms with Crippen LogP contribution in [0.3, 0.4) is 0 Å². The fourth-order valence-electron chi connectivity index (χ4n) is 2.00. The number of unbranched alkanes of at least 4 members (excludes halogenated alkanes) is 2. The first-order chi connectivity index (χ1) is 8.41. The molecule has 1 saturated carbocycles. The standard InChI is InChI=1S/C15H27NO2/c1-15(2,3)14(18)16-11-6-4-5-10-13(17)12-8-7-9-12/h12H,4-11H2,1-3H3,(H,16,18). The molecule has 1 N–H and O–H groups in total. The molecular weight excluding hydrogens is 226 g/mol. The molecule has 0 aliphatic heterocycles. The average molecular weight is 253 g/mol. The molecule has 3 heteroatoms.